The van der Waals surface area contributed by atoms with Crippen molar-refractivity contribution < 1.29 is 14.3 Å². The lowest BCUT2D eigenvalue weighted by Crippen LogP contribution is -2.44. The van der Waals surface area contributed by atoms with E-state index in [0.29, 0.717) is 0 Å². The monoisotopic (exact) mass is 368 g/mol. The highest BCUT2D eigenvalue weighted by Crippen LogP contribution is 2.19. The van der Waals surface area contributed by atoms with Crippen molar-refractivity contribution >= 4 is 5.91 Å². The molecule has 1 atom stereocenters. The number of carbonyl (C=O) groups excluding carboxylic acids is 1. The van der Waals surface area contributed by atoms with E-state index in [0.717, 1.165) is 49.7 Å². The summed E-state index contributed by atoms with van der Waals surface area (Å²) < 4.78 is 11.2. The van der Waals surface area contributed by atoms with Gasteiger partial charge in [0.1, 0.15) is 5.75 Å². The number of nitrogens with zero attached hydrogens (tertiary/aromatic N) is 1. The molecule has 0 aromatic heterocycles. The average molecular weight is 368 g/mol. The summed E-state index contributed by atoms with van der Waals surface area (Å²) in [6.07, 6.45) is 0. The minimum Gasteiger partial charge on any atom is -0.484 e. The Kier molecular flexibility index (Phi) is 6.85. The van der Waals surface area contributed by atoms with Crippen molar-refractivity contribution in [1.29, 1.82) is 0 Å². The van der Waals surface area contributed by atoms with Crippen LogP contribution in [0.5, 0.6) is 5.75 Å². The average Bonchev–Trinajstić information content (AvgIpc) is 2.68. The summed E-state index contributed by atoms with van der Waals surface area (Å²) in [5.74, 6) is 0.636. The smallest absolute Gasteiger partial charge is 0.258 e. The maximum Gasteiger partial charge on any atom is 0.258 e. The van der Waals surface area contributed by atoms with Crippen molar-refractivity contribution in [2.75, 3.05) is 39.5 Å². The molecule has 0 radical (unpaired) electrons. The summed E-state index contributed by atoms with van der Waals surface area (Å²) in [4.78, 5) is 14.9. The molecular weight excluding hydrogens is 340 g/mol. The molecule has 5 heteroatoms. The molecule has 5 nitrogen and oxygen atoms in total. The van der Waals surface area contributed by atoms with Gasteiger partial charge in [-0.2, -0.15) is 0 Å². The van der Waals surface area contributed by atoms with E-state index in [2.05, 4.69) is 28.4 Å². The van der Waals surface area contributed by atoms with Gasteiger partial charge in [-0.05, 0) is 31.0 Å². The van der Waals surface area contributed by atoms with E-state index in [-0.39, 0.29) is 18.6 Å². The summed E-state index contributed by atoms with van der Waals surface area (Å²) in [6, 6.07) is 16.0. The fourth-order valence-electron chi connectivity index (χ4n) is 3.30. The van der Waals surface area contributed by atoms with Crippen molar-refractivity contribution in [1.82, 2.24) is 10.2 Å². The normalized spacial score (nSPS) is 15.9. The molecule has 1 fully saturated rings. The third-order valence-electron chi connectivity index (χ3n) is 4.77. The number of rotatable bonds is 7. The van der Waals surface area contributed by atoms with Gasteiger partial charge in [0.25, 0.3) is 5.91 Å². The second-order valence-electron chi connectivity index (χ2n) is 7.00. The Morgan fingerprint density at radius 3 is 2.59 bits per heavy atom. The summed E-state index contributed by atoms with van der Waals surface area (Å²) in [6.45, 7) is 8.07. The predicted molar refractivity (Wildman–Crippen MR) is 106 cm³/mol. The van der Waals surface area contributed by atoms with Crippen LogP contribution in [-0.2, 0) is 9.53 Å². The van der Waals surface area contributed by atoms with Gasteiger partial charge in [-0.3, -0.25) is 9.69 Å². The van der Waals surface area contributed by atoms with Crippen LogP contribution < -0.4 is 10.1 Å². The summed E-state index contributed by atoms with van der Waals surface area (Å²) in [5.41, 5.74) is 3.32. The van der Waals surface area contributed by atoms with Crippen molar-refractivity contribution in [2.45, 2.75) is 19.9 Å². The Morgan fingerprint density at radius 2 is 1.89 bits per heavy atom. The SMILES string of the molecule is Cc1ccc(OCC(=O)N[C@@H](CN2CCOCC2)c2ccccc2)c(C)c1. The molecule has 3 rings (SSSR count). The van der Waals surface area contributed by atoms with E-state index >= 15 is 0 Å². The van der Waals surface area contributed by atoms with E-state index in [1.54, 1.807) is 0 Å². The zero-order valence-electron chi connectivity index (χ0n) is 16.1. The molecule has 2 aromatic rings. The maximum atomic E-state index is 12.5. The van der Waals surface area contributed by atoms with Crippen LogP contribution in [0.1, 0.15) is 22.7 Å². The summed E-state index contributed by atoms with van der Waals surface area (Å²) in [7, 11) is 0. The summed E-state index contributed by atoms with van der Waals surface area (Å²) in [5, 5.41) is 3.14. The van der Waals surface area contributed by atoms with Crippen molar-refractivity contribution in [3.63, 3.8) is 0 Å². The lowest BCUT2D eigenvalue weighted by Gasteiger charge is -2.31. The number of hydrogen-bond donors (Lipinski definition) is 1. The number of amides is 1. The van der Waals surface area contributed by atoms with Crippen LogP contribution >= 0.6 is 0 Å². The molecule has 0 bridgehead atoms. The first-order valence-electron chi connectivity index (χ1n) is 9.46. The molecule has 1 aliphatic heterocycles. The van der Waals surface area contributed by atoms with Gasteiger partial charge in [-0.25, -0.2) is 0 Å². The third kappa shape index (κ3) is 5.81. The molecule has 1 heterocycles. The predicted octanol–water partition coefficient (Wildman–Crippen LogP) is 2.87. The van der Waals surface area contributed by atoms with Gasteiger partial charge in [-0.15, -0.1) is 0 Å². The first-order chi connectivity index (χ1) is 13.1. The lowest BCUT2D eigenvalue weighted by atomic mass is 10.1. The second kappa shape index (κ2) is 9.53. The number of hydrogen-bond acceptors (Lipinski definition) is 4. The van der Waals surface area contributed by atoms with E-state index in [1.165, 1.54) is 5.56 Å². The fraction of sp³-hybridized carbons (Fsp3) is 0.409. The molecule has 0 unspecified atom stereocenters. The maximum absolute atomic E-state index is 12.5. The highest BCUT2D eigenvalue weighted by atomic mass is 16.5. The van der Waals surface area contributed by atoms with Crippen molar-refractivity contribution in [3.05, 3.63) is 65.2 Å². The topological polar surface area (TPSA) is 50.8 Å². The van der Waals surface area contributed by atoms with Gasteiger partial charge in [0.05, 0.1) is 19.3 Å². The molecular formula is C22H28N2O3. The van der Waals surface area contributed by atoms with Crippen LogP contribution in [0.15, 0.2) is 48.5 Å². The number of ether oxygens (including phenoxy) is 2. The van der Waals surface area contributed by atoms with E-state index < -0.39 is 0 Å². The standard InChI is InChI=1S/C22H28N2O3/c1-17-8-9-21(18(2)14-17)27-16-22(25)23-20(19-6-4-3-5-7-19)15-24-10-12-26-13-11-24/h3-9,14,20H,10-13,15-16H2,1-2H3,(H,23,25)/t20-/m0/s1. The third-order valence-corrected chi connectivity index (χ3v) is 4.77. The molecule has 0 aliphatic carbocycles. The van der Waals surface area contributed by atoms with Crippen LogP contribution in [-0.4, -0.2) is 50.3 Å². The number of carbonyl (C=O) groups is 1. The fourth-order valence-corrected chi connectivity index (χ4v) is 3.30. The van der Waals surface area contributed by atoms with Crippen LogP contribution in [0.3, 0.4) is 0 Å². The Balaban J connectivity index is 1.61. The van der Waals surface area contributed by atoms with Crippen LogP contribution in [0, 0.1) is 13.8 Å². The number of benzene rings is 2. The largest absolute Gasteiger partial charge is 0.484 e. The summed E-state index contributed by atoms with van der Waals surface area (Å²) >= 11 is 0. The molecule has 0 spiro atoms. The van der Waals surface area contributed by atoms with Crippen molar-refractivity contribution in [3.8, 4) is 5.75 Å². The van der Waals surface area contributed by atoms with Crippen LogP contribution in [0.4, 0.5) is 0 Å². The molecule has 0 saturated carbocycles. The zero-order valence-corrected chi connectivity index (χ0v) is 16.1. The quantitative estimate of drug-likeness (QED) is 0.817. The van der Waals surface area contributed by atoms with E-state index in [9.17, 15) is 4.79 Å². The molecule has 1 saturated heterocycles. The molecule has 1 amide bonds. The zero-order chi connectivity index (χ0) is 19.1. The molecule has 144 valence electrons. The molecule has 1 N–H and O–H groups in total. The van der Waals surface area contributed by atoms with Crippen LogP contribution in [0.25, 0.3) is 0 Å². The minimum atomic E-state index is -0.114. The van der Waals surface area contributed by atoms with Crippen LogP contribution in [0.2, 0.25) is 0 Å². The van der Waals surface area contributed by atoms with Gasteiger partial charge in [0.15, 0.2) is 6.61 Å². The number of nitrogens with one attached hydrogen (secondary N) is 1. The van der Waals surface area contributed by atoms with Gasteiger partial charge in [-0.1, -0.05) is 48.0 Å². The highest BCUT2D eigenvalue weighted by Gasteiger charge is 2.20. The second-order valence-corrected chi connectivity index (χ2v) is 7.00. The Labute approximate surface area is 161 Å². The van der Waals surface area contributed by atoms with Gasteiger partial charge in [0.2, 0.25) is 0 Å². The Bertz CT molecular complexity index is 742. The van der Waals surface area contributed by atoms with Gasteiger partial charge < -0.3 is 14.8 Å². The highest BCUT2D eigenvalue weighted by molar-refractivity contribution is 5.78. The minimum absolute atomic E-state index is 0.0103. The number of morpholine rings is 1. The lowest BCUT2D eigenvalue weighted by molar-refractivity contribution is -0.124. The number of aryl methyl sites for hydroxylation is 2. The van der Waals surface area contributed by atoms with Gasteiger partial charge in [0, 0.05) is 19.6 Å². The van der Waals surface area contributed by atoms with Crippen molar-refractivity contribution in [2.24, 2.45) is 0 Å². The van der Waals surface area contributed by atoms with E-state index in [4.69, 9.17) is 9.47 Å². The first-order valence-corrected chi connectivity index (χ1v) is 9.46. The molecule has 1 aliphatic rings. The Morgan fingerprint density at radius 1 is 1.15 bits per heavy atom. The molecule has 2 aromatic carbocycles. The van der Waals surface area contributed by atoms with Gasteiger partial charge >= 0.3 is 0 Å². The molecule has 27 heavy (non-hydrogen) atoms. The first kappa shape index (κ1) is 19.4. The Hall–Kier alpha value is -2.37. The van der Waals surface area contributed by atoms with E-state index in [1.807, 2.05) is 44.2 Å².